The predicted molar refractivity (Wildman–Crippen MR) is 128 cm³/mol. The number of methoxy groups -OCH3 is 2. The van der Waals surface area contributed by atoms with E-state index >= 15 is 0 Å². The zero-order chi connectivity index (χ0) is 24.8. The maximum atomic E-state index is 13.2. The number of amides is 2. The van der Waals surface area contributed by atoms with Crippen molar-refractivity contribution in [3.8, 4) is 17.2 Å². The topological polar surface area (TPSA) is 86.3 Å². The summed E-state index contributed by atoms with van der Waals surface area (Å²) in [7, 11) is 4.68. The Kier molecular flexibility index (Phi) is 8.04. The van der Waals surface area contributed by atoms with Crippen LogP contribution in [0.4, 0.5) is 4.79 Å². The normalized spacial score (nSPS) is 15.8. The molecule has 2 aromatic rings. The minimum absolute atomic E-state index is 0.0133. The largest absolute Gasteiger partial charge is 0.497 e. The summed E-state index contributed by atoms with van der Waals surface area (Å²) in [5.74, 6) is 1.49. The van der Waals surface area contributed by atoms with Crippen LogP contribution in [0.1, 0.15) is 43.9 Å². The van der Waals surface area contributed by atoms with Crippen LogP contribution < -0.4 is 19.5 Å². The Morgan fingerprint density at radius 1 is 1.09 bits per heavy atom. The first-order valence-corrected chi connectivity index (χ1v) is 11.2. The maximum Gasteiger partial charge on any atom is 0.338 e. The molecule has 1 N–H and O–H groups in total. The van der Waals surface area contributed by atoms with Crippen molar-refractivity contribution in [3.05, 3.63) is 64.9 Å². The third-order valence-electron chi connectivity index (χ3n) is 5.68. The molecule has 8 heteroatoms. The number of benzene rings is 2. The molecule has 182 valence electrons. The molecule has 2 aromatic carbocycles. The molecule has 1 aliphatic heterocycles. The molecule has 0 saturated heterocycles. The Bertz CT molecular complexity index is 1060. The predicted octanol–water partition coefficient (Wildman–Crippen LogP) is 4.42. The molecule has 0 aliphatic carbocycles. The minimum atomic E-state index is -0.773. The second kappa shape index (κ2) is 11.0. The summed E-state index contributed by atoms with van der Waals surface area (Å²) < 4.78 is 22.3. The quantitative estimate of drug-likeness (QED) is 0.549. The van der Waals surface area contributed by atoms with E-state index in [1.807, 2.05) is 24.3 Å². The van der Waals surface area contributed by atoms with Crippen molar-refractivity contribution in [2.24, 2.45) is 0 Å². The van der Waals surface area contributed by atoms with Crippen LogP contribution >= 0.6 is 0 Å². The van der Waals surface area contributed by atoms with Gasteiger partial charge in [0, 0.05) is 13.1 Å². The van der Waals surface area contributed by atoms with Crippen LogP contribution in [0.15, 0.2) is 53.7 Å². The van der Waals surface area contributed by atoms with E-state index in [0.29, 0.717) is 34.1 Å². The second-order valence-electron chi connectivity index (χ2n) is 8.15. The van der Waals surface area contributed by atoms with Gasteiger partial charge in [0.1, 0.15) is 23.9 Å². The van der Waals surface area contributed by atoms with Gasteiger partial charge in [0.15, 0.2) is 0 Å². The van der Waals surface area contributed by atoms with Crippen molar-refractivity contribution in [2.45, 2.75) is 32.7 Å². The number of hydrogen-bond donors (Lipinski definition) is 1. The van der Waals surface area contributed by atoms with E-state index in [-0.39, 0.29) is 25.2 Å². The van der Waals surface area contributed by atoms with Crippen molar-refractivity contribution >= 4 is 12.0 Å². The number of likely N-dealkylation sites (N-methyl/N-ethyl adjacent to an activating group) is 1. The monoisotopic (exact) mass is 468 g/mol. The van der Waals surface area contributed by atoms with Gasteiger partial charge < -0.3 is 24.3 Å². The smallest absolute Gasteiger partial charge is 0.338 e. The van der Waals surface area contributed by atoms with Crippen LogP contribution in [0.25, 0.3) is 0 Å². The summed E-state index contributed by atoms with van der Waals surface area (Å²) >= 11 is 0. The van der Waals surface area contributed by atoms with Crippen molar-refractivity contribution in [2.75, 3.05) is 34.5 Å². The first-order chi connectivity index (χ1) is 16.3. The van der Waals surface area contributed by atoms with E-state index in [1.54, 1.807) is 46.4 Å². The van der Waals surface area contributed by atoms with Gasteiger partial charge in [0.05, 0.1) is 38.1 Å². The molecule has 1 heterocycles. The molecule has 0 bridgehead atoms. The van der Waals surface area contributed by atoms with Gasteiger partial charge in [-0.1, -0.05) is 32.0 Å². The van der Waals surface area contributed by atoms with E-state index < -0.39 is 12.0 Å². The fourth-order valence-corrected chi connectivity index (χ4v) is 3.86. The highest BCUT2D eigenvalue weighted by Crippen LogP contribution is 2.35. The zero-order valence-corrected chi connectivity index (χ0v) is 20.5. The molecule has 1 aliphatic rings. The summed E-state index contributed by atoms with van der Waals surface area (Å²) in [6.45, 7) is 6.11. The fraction of sp³-hybridized carbons (Fsp3) is 0.385. The van der Waals surface area contributed by atoms with Crippen molar-refractivity contribution in [1.82, 2.24) is 10.2 Å². The van der Waals surface area contributed by atoms with Crippen molar-refractivity contribution in [3.63, 3.8) is 0 Å². The summed E-state index contributed by atoms with van der Waals surface area (Å²) in [5, 5.41) is 2.89. The highest BCUT2D eigenvalue weighted by molar-refractivity contribution is 5.95. The summed E-state index contributed by atoms with van der Waals surface area (Å²) in [4.78, 5) is 27.5. The first kappa shape index (κ1) is 25.0. The van der Waals surface area contributed by atoms with Crippen LogP contribution in [0, 0.1) is 0 Å². The second-order valence-corrected chi connectivity index (χ2v) is 8.15. The molecule has 34 heavy (non-hydrogen) atoms. The molecule has 0 aromatic heterocycles. The third kappa shape index (κ3) is 5.27. The number of esters is 1. The summed E-state index contributed by atoms with van der Waals surface area (Å²) in [5.41, 5.74) is 2.38. The standard InChI is InChI=1S/C26H32N2O6/c1-7-33-25(29)23-21(15-34-22-11-9-8-10-20(22)16(2)3)28(4)26(30)27-24(23)17-12-18(31-5)14-19(13-17)32-6/h8-14,16,24H,7,15H2,1-6H3,(H,27,30)/t24-/m0/s1. The van der Waals surface area contributed by atoms with Crippen molar-refractivity contribution in [1.29, 1.82) is 0 Å². The van der Waals surface area contributed by atoms with Crippen LogP contribution in [0.3, 0.4) is 0 Å². The molecule has 0 saturated carbocycles. The maximum absolute atomic E-state index is 13.2. The average molecular weight is 469 g/mol. The van der Waals surface area contributed by atoms with Gasteiger partial charge in [-0.2, -0.15) is 0 Å². The Morgan fingerprint density at radius 2 is 1.74 bits per heavy atom. The summed E-state index contributed by atoms with van der Waals surface area (Å²) in [6.07, 6.45) is 0. The number of nitrogens with zero attached hydrogens (tertiary/aromatic N) is 1. The summed E-state index contributed by atoms with van der Waals surface area (Å²) in [6, 6.07) is 11.8. The zero-order valence-electron chi connectivity index (χ0n) is 20.5. The molecular formula is C26H32N2O6. The Morgan fingerprint density at radius 3 is 2.32 bits per heavy atom. The van der Waals surface area contributed by atoms with Crippen LogP contribution in [0.2, 0.25) is 0 Å². The lowest BCUT2D eigenvalue weighted by molar-refractivity contribution is -0.139. The van der Waals surface area contributed by atoms with E-state index in [0.717, 1.165) is 5.56 Å². The number of para-hydroxylation sites is 1. The van der Waals surface area contributed by atoms with Gasteiger partial charge in [-0.15, -0.1) is 0 Å². The average Bonchev–Trinajstić information content (AvgIpc) is 2.84. The Labute approximate surface area is 200 Å². The highest BCUT2D eigenvalue weighted by atomic mass is 16.5. The molecule has 1 atom stereocenters. The molecule has 2 amide bonds. The van der Waals surface area contributed by atoms with Crippen LogP contribution in [-0.2, 0) is 9.53 Å². The van der Waals surface area contributed by atoms with Gasteiger partial charge in [0.25, 0.3) is 0 Å². The number of hydrogen-bond acceptors (Lipinski definition) is 6. The van der Waals surface area contributed by atoms with Gasteiger partial charge in [-0.05, 0) is 42.2 Å². The minimum Gasteiger partial charge on any atom is -0.497 e. The lowest BCUT2D eigenvalue weighted by atomic mass is 9.94. The van der Waals surface area contributed by atoms with Gasteiger partial charge >= 0.3 is 12.0 Å². The van der Waals surface area contributed by atoms with E-state index in [9.17, 15) is 9.59 Å². The first-order valence-electron chi connectivity index (χ1n) is 11.2. The Balaban J connectivity index is 2.10. The van der Waals surface area contributed by atoms with Crippen molar-refractivity contribution < 1.29 is 28.5 Å². The number of urea groups is 1. The van der Waals surface area contributed by atoms with E-state index in [1.165, 1.54) is 4.90 Å². The number of nitrogens with one attached hydrogen (secondary N) is 1. The van der Waals surface area contributed by atoms with Gasteiger partial charge in [-0.25, -0.2) is 9.59 Å². The van der Waals surface area contributed by atoms with E-state index in [2.05, 4.69) is 19.2 Å². The SMILES string of the molecule is CCOC(=O)C1=C(COc2ccccc2C(C)C)N(C)C(=O)N[C@H]1c1cc(OC)cc(OC)c1. The number of carbonyl (C=O) groups is 2. The molecular weight excluding hydrogens is 436 g/mol. The third-order valence-corrected chi connectivity index (χ3v) is 5.68. The lowest BCUT2D eigenvalue weighted by Crippen LogP contribution is -2.48. The highest BCUT2D eigenvalue weighted by Gasteiger charge is 2.37. The van der Waals surface area contributed by atoms with Crippen LogP contribution in [-0.4, -0.2) is 51.4 Å². The Hall–Kier alpha value is -3.68. The number of rotatable bonds is 9. The molecule has 0 unspecified atom stereocenters. The molecule has 0 spiro atoms. The lowest BCUT2D eigenvalue weighted by Gasteiger charge is -2.34. The number of carbonyl (C=O) groups excluding carboxylic acids is 2. The van der Waals surface area contributed by atoms with E-state index in [4.69, 9.17) is 18.9 Å². The molecule has 3 rings (SSSR count). The van der Waals surface area contributed by atoms with Crippen LogP contribution in [0.5, 0.6) is 17.2 Å². The number of ether oxygens (including phenoxy) is 4. The molecule has 0 radical (unpaired) electrons. The van der Waals surface area contributed by atoms with Gasteiger partial charge in [-0.3, -0.25) is 4.90 Å². The fourth-order valence-electron chi connectivity index (χ4n) is 3.86. The van der Waals surface area contributed by atoms with Gasteiger partial charge in [0.2, 0.25) is 0 Å². The molecule has 0 fully saturated rings. The molecule has 8 nitrogen and oxygen atoms in total.